The molecule has 0 saturated carbocycles. The van der Waals surface area contributed by atoms with E-state index in [2.05, 4.69) is 27.7 Å². The number of aromatic nitrogens is 2. The second kappa shape index (κ2) is 9.02. The van der Waals surface area contributed by atoms with Gasteiger partial charge >= 0.3 is 0 Å². The lowest BCUT2D eigenvalue weighted by atomic mass is 10.1. The summed E-state index contributed by atoms with van der Waals surface area (Å²) in [7, 11) is 0. The van der Waals surface area contributed by atoms with E-state index in [4.69, 9.17) is 0 Å². The molecule has 31 heavy (non-hydrogen) atoms. The molecule has 0 bridgehead atoms. The van der Waals surface area contributed by atoms with Crippen LogP contribution in [0.25, 0.3) is 0 Å². The van der Waals surface area contributed by atoms with Crippen molar-refractivity contribution in [2.75, 3.05) is 37.6 Å². The number of anilines is 1. The topological polar surface area (TPSA) is 93.4 Å². The number of thiophene rings is 1. The molecule has 2 aliphatic rings. The number of nitrogens with zero attached hydrogens (tertiary/aromatic N) is 6. The molecular formula is C22H26N6O2S. The second-order valence-corrected chi connectivity index (χ2v) is 9.02. The highest BCUT2D eigenvalue weighted by Crippen LogP contribution is 2.25. The van der Waals surface area contributed by atoms with Crippen LogP contribution in [0.3, 0.4) is 0 Å². The highest BCUT2D eigenvalue weighted by molar-refractivity contribution is 7.10. The Morgan fingerprint density at radius 1 is 1.06 bits per heavy atom. The maximum absolute atomic E-state index is 12.7. The molecule has 0 unspecified atom stereocenters. The van der Waals surface area contributed by atoms with E-state index in [0.717, 1.165) is 24.2 Å². The van der Waals surface area contributed by atoms with Crippen LogP contribution in [-0.2, 0) is 22.6 Å². The predicted octanol–water partition coefficient (Wildman–Crippen LogP) is 2.04. The van der Waals surface area contributed by atoms with Crippen molar-refractivity contribution in [3.05, 3.63) is 38.7 Å². The number of carbonyl (C=O) groups is 2. The van der Waals surface area contributed by atoms with Crippen molar-refractivity contribution in [3.8, 4) is 6.07 Å². The molecule has 2 aromatic rings. The summed E-state index contributed by atoms with van der Waals surface area (Å²) < 4.78 is 0. The molecule has 1 fully saturated rings. The number of hydrogen-bond donors (Lipinski definition) is 0. The lowest BCUT2D eigenvalue weighted by Crippen LogP contribution is -2.49. The second-order valence-electron chi connectivity index (χ2n) is 8.02. The average molecular weight is 439 g/mol. The Hall–Kier alpha value is -2.99. The lowest BCUT2D eigenvalue weighted by Gasteiger charge is -2.36. The number of rotatable bonds is 4. The van der Waals surface area contributed by atoms with Crippen LogP contribution in [0.4, 0.5) is 5.82 Å². The fraction of sp³-hybridized carbons (Fsp3) is 0.500. The first-order valence-electron chi connectivity index (χ1n) is 10.6. The molecular weight excluding hydrogens is 412 g/mol. The molecule has 0 aliphatic carbocycles. The first kappa shape index (κ1) is 21.2. The monoisotopic (exact) mass is 438 g/mol. The van der Waals surface area contributed by atoms with Crippen LogP contribution in [0.5, 0.6) is 0 Å². The Morgan fingerprint density at radius 2 is 1.77 bits per heavy atom. The SMILES string of the molecule is Cc1nnc(N2CCN(C(=O)CCC(=O)N3CCc4sccc4C3)CC2)c(C#N)c1C. The normalized spacial score (nSPS) is 16.1. The van der Waals surface area contributed by atoms with Gasteiger partial charge in [0.1, 0.15) is 11.6 Å². The molecule has 0 N–H and O–H groups in total. The Bertz CT molecular complexity index is 1040. The van der Waals surface area contributed by atoms with Gasteiger partial charge in [0.15, 0.2) is 5.82 Å². The maximum Gasteiger partial charge on any atom is 0.223 e. The van der Waals surface area contributed by atoms with Gasteiger partial charge in [0.25, 0.3) is 0 Å². The number of amides is 2. The van der Waals surface area contributed by atoms with Crippen LogP contribution < -0.4 is 4.90 Å². The number of nitriles is 1. The minimum absolute atomic E-state index is 0.00732. The molecule has 1 saturated heterocycles. The number of hydrogen-bond acceptors (Lipinski definition) is 7. The first-order chi connectivity index (χ1) is 15.0. The Labute approximate surface area is 186 Å². The molecule has 2 aliphatic heterocycles. The quantitative estimate of drug-likeness (QED) is 0.725. The molecule has 2 amide bonds. The van der Waals surface area contributed by atoms with Crippen LogP contribution in [0, 0.1) is 25.2 Å². The van der Waals surface area contributed by atoms with Gasteiger partial charge in [-0.25, -0.2) is 0 Å². The summed E-state index contributed by atoms with van der Waals surface area (Å²) in [6, 6.07) is 4.32. The molecule has 4 rings (SSSR count). The third-order valence-corrected chi connectivity index (χ3v) is 7.22. The number of carbonyl (C=O) groups excluding carboxylic acids is 2. The molecule has 162 valence electrons. The highest BCUT2D eigenvalue weighted by Gasteiger charge is 2.26. The van der Waals surface area contributed by atoms with E-state index in [-0.39, 0.29) is 24.7 Å². The van der Waals surface area contributed by atoms with Gasteiger partial charge in [-0.05, 0) is 42.8 Å². The zero-order valence-corrected chi connectivity index (χ0v) is 18.7. The van der Waals surface area contributed by atoms with Gasteiger partial charge in [0, 0.05) is 57.0 Å². The standard InChI is InChI=1S/C22H26N6O2S/c1-15-16(2)24-25-22(18(15)13-23)27-10-8-26(9-11-27)20(29)3-4-21(30)28-7-5-19-17(14-28)6-12-31-19/h6,12H,3-5,7-11,14H2,1-2H3. The van der Waals surface area contributed by atoms with Crippen molar-refractivity contribution >= 4 is 29.0 Å². The van der Waals surface area contributed by atoms with Crippen LogP contribution in [0.2, 0.25) is 0 Å². The van der Waals surface area contributed by atoms with Crippen molar-refractivity contribution in [1.29, 1.82) is 5.26 Å². The number of aryl methyl sites for hydroxylation is 1. The smallest absolute Gasteiger partial charge is 0.223 e. The minimum Gasteiger partial charge on any atom is -0.350 e. The van der Waals surface area contributed by atoms with Crippen LogP contribution in [-0.4, -0.2) is 64.5 Å². The third kappa shape index (κ3) is 4.39. The van der Waals surface area contributed by atoms with Crippen molar-refractivity contribution in [1.82, 2.24) is 20.0 Å². The lowest BCUT2D eigenvalue weighted by molar-refractivity contribution is -0.137. The first-order valence-corrected chi connectivity index (χ1v) is 11.5. The summed E-state index contributed by atoms with van der Waals surface area (Å²) >= 11 is 1.75. The van der Waals surface area contributed by atoms with Crippen molar-refractivity contribution in [2.45, 2.75) is 39.7 Å². The largest absolute Gasteiger partial charge is 0.350 e. The summed E-state index contributed by atoms with van der Waals surface area (Å²) in [5.74, 6) is 0.645. The Kier molecular flexibility index (Phi) is 6.18. The van der Waals surface area contributed by atoms with Crippen LogP contribution in [0.15, 0.2) is 11.4 Å². The summed E-state index contributed by atoms with van der Waals surface area (Å²) in [6.07, 6.45) is 1.39. The van der Waals surface area contributed by atoms with Gasteiger partial charge in [0.2, 0.25) is 11.8 Å². The minimum atomic E-state index is 0.00732. The van der Waals surface area contributed by atoms with Crippen molar-refractivity contribution in [2.24, 2.45) is 0 Å². The fourth-order valence-electron chi connectivity index (χ4n) is 4.11. The Morgan fingerprint density at radius 3 is 2.48 bits per heavy atom. The average Bonchev–Trinajstić information content (AvgIpc) is 3.27. The summed E-state index contributed by atoms with van der Waals surface area (Å²) in [5, 5.41) is 20.0. The van der Waals surface area contributed by atoms with E-state index in [1.807, 2.05) is 23.6 Å². The third-order valence-electron chi connectivity index (χ3n) is 6.19. The summed E-state index contributed by atoms with van der Waals surface area (Å²) in [6.45, 7) is 7.40. The molecule has 0 aromatic carbocycles. The highest BCUT2D eigenvalue weighted by atomic mass is 32.1. The van der Waals surface area contributed by atoms with Crippen molar-refractivity contribution < 1.29 is 9.59 Å². The zero-order chi connectivity index (χ0) is 22.0. The van der Waals surface area contributed by atoms with Gasteiger partial charge in [-0.15, -0.1) is 16.4 Å². The van der Waals surface area contributed by atoms with E-state index in [1.54, 1.807) is 16.2 Å². The van der Waals surface area contributed by atoms with E-state index in [9.17, 15) is 14.9 Å². The predicted molar refractivity (Wildman–Crippen MR) is 118 cm³/mol. The molecule has 0 spiro atoms. The molecule has 2 aromatic heterocycles. The number of fused-ring (bicyclic) bond motifs is 1. The van der Waals surface area contributed by atoms with Gasteiger partial charge in [0.05, 0.1) is 5.69 Å². The molecule has 8 nitrogen and oxygen atoms in total. The van der Waals surface area contributed by atoms with Crippen LogP contribution >= 0.6 is 11.3 Å². The van der Waals surface area contributed by atoms with Gasteiger partial charge in [-0.3, -0.25) is 9.59 Å². The maximum atomic E-state index is 12.7. The van der Waals surface area contributed by atoms with E-state index >= 15 is 0 Å². The molecule has 9 heteroatoms. The molecule has 0 radical (unpaired) electrons. The van der Waals surface area contributed by atoms with E-state index < -0.39 is 0 Å². The van der Waals surface area contributed by atoms with E-state index in [1.165, 1.54) is 10.4 Å². The number of piperazine rings is 1. The van der Waals surface area contributed by atoms with Gasteiger partial charge in [-0.2, -0.15) is 10.4 Å². The van der Waals surface area contributed by atoms with E-state index in [0.29, 0.717) is 44.1 Å². The summed E-state index contributed by atoms with van der Waals surface area (Å²) in [4.78, 5) is 32.3. The van der Waals surface area contributed by atoms with Gasteiger partial charge < -0.3 is 14.7 Å². The zero-order valence-electron chi connectivity index (χ0n) is 17.9. The van der Waals surface area contributed by atoms with Crippen LogP contribution in [0.1, 0.15) is 40.1 Å². The molecule has 0 atom stereocenters. The van der Waals surface area contributed by atoms with Crippen molar-refractivity contribution in [3.63, 3.8) is 0 Å². The van der Waals surface area contributed by atoms with Gasteiger partial charge in [-0.1, -0.05) is 0 Å². The fourth-order valence-corrected chi connectivity index (χ4v) is 5.00. The molecule has 4 heterocycles. The summed E-state index contributed by atoms with van der Waals surface area (Å²) in [5.41, 5.74) is 3.38. The Balaban J connectivity index is 1.28.